The first-order valence-electron chi connectivity index (χ1n) is 10.7. The van der Waals surface area contributed by atoms with Gasteiger partial charge in [0.05, 0.1) is 22.0 Å². The lowest BCUT2D eigenvalue weighted by Crippen LogP contribution is -2.26. The topological polar surface area (TPSA) is 80.6 Å². The number of thiophene rings is 1. The Bertz CT molecular complexity index is 1400. The fraction of sp³-hybridized carbons (Fsp3) is 0.391. The summed E-state index contributed by atoms with van der Waals surface area (Å²) < 4.78 is 1.77. The minimum Gasteiger partial charge on any atom is -0.309 e. The van der Waals surface area contributed by atoms with E-state index in [1.807, 2.05) is 31.2 Å². The fourth-order valence-corrected chi connectivity index (χ4v) is 6.46. The van der Waals surface area contributed by atoms with E-state index < -0.39 is 0 Å². The van der Waals surface area contributed by atoms with Crippen molar-refractivity contribution in [2.75, 3.05) is 0 Å². The predicted molar refractivity (Wildman–Crippen MR) is 127 cm³/mol. The van der Waals surface area contributed by atoms with Gasteiger partial charge in [-0.25, -0.2) is 9.97 Å². The van der Waals surface area contributed by atoms with Gasteiger partial charge in [-0.2, -0.15) is 0 Å². The van der Waals surface area contributed by atoms with E-state index in [0.717, 1.165) is 35.9 Å². The summed E-state index contributed by atoms with van der Waals surface area (Å²) in [4.78, 5) is 40.6. The number of hydrogen-bond donors (Lipinski definition) is 1. The molecule has 0 radical (unpaired) electrons. The first-order chi connectivity index (χ1) is 15.1. The molecular formula is C23H24N4O2S2. The molecule has 4 aromatic rings. The van der Waals surface area contributed by atoms with Crippen LogP contribution < -0.4 is 11.1 Å². The lowest BCUT2D eigenvalue weighted by Gasteiger charge is -2.18. The molecule has 0 saturated carbocycles. The Hall–Kier alpha value is -2.45. The maximum Gasteiger partial charge on any atom is 0.262 e. The largest absolute Gasteiger partial charge is 0.309 e. The van der Waals surface area contributed by atoms with Crippen molar-refractivity contribution in [2.24, 2.45) is 0 Å². The van der Waals surface area contributed by atoms with Crippen LogP contribution in [0.4, 0.5) is 0 Å². The summed E-state index contributed by atoms with van der Waals surface area (Å²) in [5.74, 6) is 1.08. The molecule has 31 heavy (non-hydrogen) atoms. The third kappa shape index (κ3) is 3.61. The van der Waals surface area contributed by atoms with Crippen molar-refractivity contribution in [3.05, 3.63) is 61.2 Å². The number of fused-ring (bicyclic) bond motifs is 4. The normalized spacial score (nSPS) is 14.8. The van der Waals surface area contributed by atoms with Crippen LogP contribution in [0.15, 0.2) is 39.0 Å². The quantitative estimate of drug-likeness (QED) is 0.346. The van der Waals surface area contributed by atoms with Crippen molar-refractivity contribution in [1.82, 2.24) is 19.5 Å². The van der Waals surface area contributed by atoms with E-state index in [1.54, 1.807) is 15.9 Å². The molecular weight excluding hydrogens is 428 g/mol. The lowest BCUT2D eigenvalue weighted by atomic mass is 9.97. The minimum absolute atomic E-state index is 0.0229. The predicted octanol–water partition coefficient (Wildman–Crippen LogP) is 4.84. The molecule has 1 aliphatic rings. The SMILES string of the molecule is CCC(C)n1c(SCc2nc3sc4c(c3c(=O)[nH]2)CCCC4)nc2ccccc2c1=O. The van der Waals surface area contributed by atoms with Gasteiger partial charge >= 0.3 is 0 Å². The lowest BCUT2D eigenvalue weighted by molar-refractivity contribution is 0.468. The second-order valence-electron chi connectivity index (χ2n) is 8.04. The van der Waals surface area contributed by atoms with Crippen molar-refractivity contribution in [3.8, 4) is 0 Å². The summed E-state index contributed by atoms with van der Waals surface area (Å²) in [6.45, 7) is 4.09. The van der Waals surface area contributed by atoms with Gasteiger partial charge in [0.2, 0.25) is 0 Å². The molecule has 3 heterocycles. The number of para-hydroxylation sites is 1. The van der Waals surface area contributed by atoms with Crippen LogP contribution in [0.25, 0.3) is 21.1 Å². The van der Waals surface area contributed by atoms with Gasteiger partial charge in [0, 0.05) is 10.9 Å². The van der Waals surface area contributed by atoms with Crippen molar-refractivity contribution in [2.45, 2.75) is 62.9 Å². The average molecular weight is 453 g/mol. The third-order valence-electron chi connectivity index (χ3n) is 6.02. The number of nitrogens with one attached hydrogen (secondary N) is 1. The van der Waals surface area contributed by atoms with Crippen molar-refractivity contribution in [1.29, 1.82) is 0 Å². The summed E-state index contributed by atoms with van der Waals surface area (Å²) >= 11 is 3.10. The van der Waals surface area contributed by atoms with E-state index in [2.05, 4.69) is 11.9 Å². The number of aromatic nitrogens is 4. The number of nitrogens with zero attached hydrogens (tertiary/aromatic N) is 3. The van der Waals surface area contributed by atoms with Crippen molar-refractivity contribution >= 4 is 44.2 Å². The van der Waals surface area contributed by atoms with Gasteiger partial charge in [0.25, 0.3) is 11.1 Å². The van der Waals surface area contributed by atoms with Crippen LogP contribution >= 0.6 is 23.1 Å². The second kappa shape index (κ2) is 8.24. The van der Waals surface area contributed by atoms with Crippen LogP contribution in [0.5, 0.6) is 0 Å². The van der Waals surface area contributed by atoms with Crippen LogP contribution in [0.2, 0.25) is 0 Å². The van der Waals surface area contributed by atoms with Crippen LogP contribution in [-0.2, 0) is 18.6 Å². The maximum absolute atomic E-state index is 13.1. The van der Waals surface area contributed by atoms with Crippen LogP contribution in [0, 0.1) is 0 Å². The highest BCUT2D eigenvalue weighted by Gasteiger charge is 2.20. The zero-order chi connectivity index (χ0) is 21.5. The Balaban J connectivity index is 1.53. The van der Waals surface area contributed by atoms with Crippen LogP contribution in [0.1, 0.15) is 55.4 Å². The first kappa shape index (κ1) is 20.5. The highest BCUT2D eigenvalue weighted by Crippen LogP contribution is 2.34. The molecule has 0 bridgehead atoms. The van der Waals surface area contributed by atoms with E-state index in [4.69, 9.17) is 9.97 Å². The Morgan fingerprint density at radius 1 is 1.19 bits per heavy atom. The summed E-state index contributed by atoms with van der Waals surface area (Å²) in [5, 5.41) is 2.06. The Morgan fingerprint density at radius 2 is 2.00 bits per heavy atom. The van der Waals surface area contributed by atoms with Gasteiger partial charge in [-0.15, -0.1) is 11.3 Å². The molecule has 1 aromatic carbocycles. The van der Waals surface area contributed by atoms with Gasteiger partial charge < -0.3 is 4.98 Å². The van der Waals surface area contributed by atoms with Gasteiger partial charge in [-0.05, 0) is 56.7 Å². The molecule has 1 N–H and O–H groups in total. The van der Waals surface area contributed by atoms with Crippen LogP contribution in [-0.4, -0.2) is 19.5 Å². The number of hydrogen-bond acceptors (Lipinski definition) is 6. The summed E-state index contributed by atoms with van der Waals surface area (Å²) in [7, 11) is 0. The first-order valence-corrected chi connectivity index (χ1v) is 12.5. The Morgan fingerprint density at radius 3 is 2.84 bits per heavy atom. The molecule has 0 fully saturated rings. The molecule has 0 spiro atoms. The van der Waals surface area contributed by atoms with E-state index in [0.29, 0.717) is 27.6 Å². The van der Waals surface area contributed by atoms with Gasteiger partial charge in [-0.3, -0.25) is 14.2 Å². The summed E-state index contributed by atoms with van der Waals surface area (Å²) in [6, 6.07) is 7.48. The van der Waals surface area contributed by atoms with E-state index in [1.165, 1.54) is 28.6 Å². The molecule has 0 saturated heterocycles. The third-order valence-corrected chi connectivity index (χ3v) is 8.17. The van der Waals surface area contributed by atoms with E-state index in [9.17, 15) is 9.59 Å². The summed E-state index contributed by atoms with van der Waals surface area (Å²) in [6.07, 6.45) is 5.16. The number of H-pyrrole nitrogens is 1. The second-order valence-corrected chi connectivity index (χ2v) is 10.1. The number of benzene rings is 1. The molecule has 0 amide bonds. The molecule has 1 atom stereocenters. The number of rotatable bonds is 5. The molecule has 6 nitrogen and oxygen atoms in total. The number of aromatic amines is 1. The van der Waals surface area contributed by atoms with E-state index in [-0.39, 0.29) is 17.2 Å². The molecule has 1 unspecified atom stereocenters. The van der Waals surface area contributed by atoms with E-state index >= 15 is 0 Å². The van der Waals surface area contributed by atoms with Crippen molar-refractivity contribution in [3.63, 3.8) is 0 Å². The minimum atomic E-state index is -0.0502. The monoisotopic (exact) mass is 452 g/mol. The number of aryl methyl sites for hydroxylation is 2. The van der Waals surface area contributed by atoms with Gasteiger partial charge in [0.15, 0.2) is 5.16 Å². The fourth-order valence-electron chi connectivity index (χ4n) is 4.21. The van der Waals surface area contributed by atoms with Crippen LogP contribution in [0.3, 0.4) is 0 Å². The van der Waals surface area contributed by atoms with Crippen molar-refractivity contribution < 1.29 is 0 Å². The van der Waals surface area contributed by atoms with Gasteiger partial charge in [0.1, 0.15) is 10.7 Å². The molecule has 0 aliphatic heterocycles. The smallest absolute Gasteiger partial charge is 0.262 e. The zero-order valence-electron chi connectivity index (χ0n) is 17.6. The molecule has 1 aliphatic carbocycles. The highest BCUT2D eigenvalue weighted by molar-refractivity contribution is 7.98. The Kier molecular flexibility index (Phi) is 5.44. The van der Waals surface area contributed by atoms with Gasteiger partial charge in [-0.1, -0.05) is 30.8 Å². The standard InChI is InChI=1S/C23H24N4O2S2/c1-3-13(2)27-22(29)14-8-4-6-10-16(14)24-23(27)30-12-18-25-20(28)19-15-9-5-7-11-17(15)31-21(19)26-18/h4,6,8,10,13H,3,5,7,9,11-12H2,1-2H3,(H,25,26,28). The molecule has 8 heteroatoms. The zero-order valence-corrected chi connectivity index (χ0v) is 19.2. The Labute approximate surface area is 187 Å². The number of thioether (sulfide) groups is 1. The molecule has 160 valence electrons. The maximum atomic E-state index is 13.1. The summed E-state index contributed by atoms with van der Waals surface area (Å²) in [5.41, 5.74) is 1.81. The highest BCUT2D eigenvalue weighted by atomic mass is 32.2. The average Bonchev–Trinajstić information content (AvgIpc) is 3.16. The molecule has 5 rings (SSSR count). The molecule has 3 aromatic heterocycles.